The number of rotatable bonds is 4. The molecule has 3 rings (SSSR count). The molecule has 21 heavy (non-hydrogen) atoms. The van der Waals surface area contributed by atoms with Gasteiger partial charge >= 0.3 is 0 Å². The highest BCUT2D eigenvalue weighted by Crippen LogP contribution is 2.17. The molecule has 0 aliphatic carbocycles. The van der Waals surface area contributed by atoms with Crippen LogP contribution >= 0.6 is 15.9 Å². The second-order valence-electron chi connectivity index (χ2n) is 4.69. The van der Waals surface area contributed by atoms with Crippen molar-refractivity contribution in [2.24, 2.45) is 0 Å². The summed E-state index contributed by atoms with van der Waals surface area (Å²) in [5, 5.41) is 2.88. The number of H-pyrrole nitrogens is 1. The van der Waals surface area contributed by atoms with Gasteiger partial charge in [-0.15, -0.1) is 0 Å². The highest BCUT2D eigenvalue weighted by Gasteiger charge is 2.15. The fourth-order valence-electron chi connectivity index (χ4n) is 2.16. The molecular formula is C14H14BrN5O. The van der Waals surface area contributed by atoms with Crippen molar-refractivity contribution in [3.63, 3.8) is 0 Å². The van der Waals surface area contributed by atoms with Crippen LogP contribution in [-0.4, -0.2) is 31.8 Å². The average Bonchev–Trinajstić information content (AvgIpc) is 3.04. The Kier molecular flexibility index (Phi) is 3.74. The van der Waals surface area contributed by atoms with Gasteiger partial charge in [0, 0.05) is 31.1 Å². The number of imidazole rings is 2. The van der Waals surface area contributed by atoms with E-state index in [0.29, 0.717) is 23.4 Å². The standard InChI is InChI=1S/C14H14BrN5O/c1-9-17-8-10(18-9)5-6-16-13(21)12-11-4-2-3-7-20(11)14(15)19-12/h2-4,7-8H,5-6H2,1H3,(H,16,21)(H,17,18). The van der Waals surface area contributed by atoms with Gasteiger partial charge in [-0.05, 0) is 35.0 Å². The van der Waals surface area contributed by atoms with Crippen molar-refractivity contribution in [3.8, 4) is 0 Å². The molecule has 0 saturated heterocycles. The largest absolute Gasteiger partial charge is 0.350 e. The molecule has 0 spiro atoms. The van der Waals surface area contributed by atoms with Gasteiger partial charge < -0.3 is 10.3 Å². The number of nitrogens with one attached hydrogen (secondary N) is 2. The maximum Gasteiger partial charge on any atom is 0.272 e. The minimum atomic E-state index is -0.180. The van der Waals surface area contributed by atoms with Gasteiger partial charge in [0.05, 0.1) is 5.52 Å². The summed E-state index contributed by atoms with van der Waals surface area (Å²) in [6, 6.07) is 5.64. The first-order valence-corrected chi connectivity index (χ1v) is 7.35. The Morgan fingerprint density at radius 1 is 1.48 bits per heavy atom. The van der Waals surface area contributed by atoms with Crippen molar-refractivity contribution in [1.82, 2.24) is 24.7 Å². The lowest BCUT2D eigenvalue weighted by Gasteiger charge is -2.02. The number of aromatic amines is 1. The van der Waals surface area contributed by atoms with E-state index in [4.69, 9.17) is 0 Å². The fraction of sp³-hybridized carbons (Fsp3) is 0.214. The number of halogens is 1. The average molecular weight is 348 g/mol. The highest BCUT2D eigenvalue weighted by molar-refractivity contribution is 9.10. The molecule has 7 heteroatoms. The summed E-state index contributed by atoms with van der Waals surface area (Å²) in [4.78, 5) is 23.8. The van der Waals surface area contributed by atoms with Gasteiger partial charge in [0.15, 0.2) is 10.4 Å². The molecule has 108 valence electrons. The number of carbonyl (C=O) groups excluding carboxylic acids is 1. The predicted molar refractivity (Wildman–Crippen MR) is 82.3 cm³/mol. The first-order valence-electron chi connectivity index (χ1n) is 6.56. The molecule has 0 unspecified atom stereocenters. The van der Waals surface area contributed by atoms with Crippen molar-refractivity contribution in [2.45, 2.75) is 13.3 Å². The lowest BCUT2D eigenvalue weighted by molar-refractivity contribution is 0.0951. The van der Waals surface area contributed by atoms with Gasteiger partial charge in [-0.1, -0.05) is 6.07 Å². The summed E-state index contributed by atoms with van der Waals surface area (Å²) < 4.78 is 2.44. The predicted octanol–water partition coefficient (Wildman–Crippen LogP) is 2.10. The third-order valence-corrected chi connectivity index (χ3v) is 3.72. The third kappa shape index (κ3) is 2.82. The molecule has 3 aromatic rings. The number of nitrogens with zero attached hydrogens (tertiary/aromatic N) is 3. The van der Waals surface area contributed by atoms with Crippen LogP contribution in [0.4, 0.5) is 0 Å². The van der Waals surface area contributed by atoms with E-state index in [0.717, 1.165) is 17.0 Å². The number of fused-ring (bicyclic) bond motifs is 1. The van der Waals surface area contributed by atoms with Gasteiger partial charge in [0.25, 0.3) is 5.91 Å². The molecule has 0 saturated carbocycles. The Balaban J connectivity index is 1.69. The van der Waals surface area contributed by atoms with Crippen molar-refractivity contribution >= 4 is 27.4 Å². The van der Waals surface area contributed by atoms with Crippen molar-refractivity contribution < 1.29 is 4.79 Å². The molecule has 1 amide bonds. The maximum atomic E-state index is 12.2. The summed E-state index contributed by atoms with van der Waals surface area (Å²) >= 11 is 3.35. The molecule has 3 heterocycles. The molecule has 0 radical (unpaired) electrons. The van der Waals surface area contributed by atoms with Gasteiger partial charge in [-0.25, -0.2) is 9.97 Å². The van der Waals surface area contributed by atoms with Crippen LogP contribution in [0.25, 0.3) is 5.52 Å². The van der Waals surface area contributed by atoms with Crippen LogP contribution in [0.2, 0.25) is 0 Å². The first kappa shape index (κ1) is 13.8. The van der Waals surface area contributed by atoms with E-state index < -0.39 is 0 Å². The van der Waals surface area contributed by atoms with Gasteiger partial charge in [0.2, 0.25) is 0 Å². The normalized spacial score (nSPS) is 11.0. The van der Waals surface area contributed by atoms with E-state index >= 15 is 0 Å². The van der Waals surface area contributed by atoms with Gasteiger partial charge in [-0.3, -0.25) is 9.20 Å². The number of hydrogen-bond donors (Lipinski definition) is 2. The van der Waals surface area contributed by atoms with E-state index in [2.05, 4.69) is 36.2 Å². The topological polar surface area (TPSA) is 75.1 Å². The number of pyridine rings is 1. The second kappa shape index (κ2) is 5.69. The molecule has 0 aromatic carbocycles. The molecule has 0 atom stereocenters. The zero-order valence-corrected chi connectivity index (χ0v) is 13.0. The monoisotopic (exact) mass is 347 g/mol. The van der Waals surface area contributed by atoms with Crippen LogP contribution < -0.4 is 5.32 Å². The molecule has 2 N–H and O–H groups in total. The number of carbonyl (C=O) groups is 1. The third-order valence-electron chi connectivity index (χ3n) is 3.16. The minimum absolute atomic E-state index is 0.180. The van der Waals surface area contributed by atoms with Gasteiger partial charge in [0.1, 0.15) is 5.82 Å². The quantitative estimate of drug-likeness (QED) is 0.758. The summed E-state index contributed by atoms with van der Waals surface area (Å²) in [6.45, 7) is 2.43. The number of aryl methyl sites for hydroxylation is 1. The minimum Gasteiger partial charge on any atom is -0.350 e. The smallest absolute Gasteiger partial charge is 0.272 e. The van der Waals surface area contributed by atoms with E-state index in [-0.39, 0.29) is 5.91 Å². The molecule has 0 aliphatic rings. The Morgan fingerprint density at radius 2 is 2.33 bits per heavy atom. The Hall–Kier alpha value is -2.15. The fourth-order valence-corrected chi connectivity index (χ4v) is 2.65. The summed E-state index contributed by atoms with van der Waals surface area (Å²) in [5.74, 6) is 0.695. The Morgan fingerprint density at radius 3 is 3.10 bits per heavy atom. The Labute approximate surface area is 129 Å². The molecule has 6 nitrogen and oxygen atoms in total. The van der Waals surface area contributed by atoms with Crippen LogP contribution in [0.3, 0.4) is 0 Å². The highest BCUT2D eigenvalue weighted by atomic mass is 79.9. The van der Waals surface area contributed by atoms with Crippen LogP contribution in [0.15, 0.2) is 35.3 Å². The van der Waals surface area contributed by atoms with Crippen molar-refractivity contribution in [3.05, 3.63) is 52.5 Å². The van der Waals surface area contributed by atoms with Crippen LogP contribution in [0.1, 0.15) is 22.0 Å². The number of aromatic nitrogens is 4. The lowest BCUT2D eigenvalue weighted by atomic mass is 10.3. The SMILES string of the molecule is Cc1ncc(CCNC(=O)c2nc(Br)n3ccccc23)[nH]1. The zero-order valence-electron chi connectivity index (χ0n) is 11.4. The number of hydrogen-bond acceptors (Lipinski definition) is 3. The summed E-state index contributed by atoms with van der Waals surface area (Å²) in [5.41, 5.74) is 2.20. The van der Waals surface area contributed by atoms with Crippen molar-refractivity contribution in [1.29, 1.82) is 0 Å². The van der Waals surface area contributed by atoms with E-state index in [1.807, 2.05) is 35.7 Å². The van der Waals surface area contributed by atoms with Gasteiger partial charge in [-0.2, -0.15) is 0 Å². The molecule has 0 fully saturated rings. The summed E-state index contributed by atoms with van der Waals surface area (Å²) in [6.07, 6.45) is 4.35. The van der Waals surface area contributed by atoms with E-state index in [1.54, 1.807) is 6.20 Å². The molecule has 0 aliphatic heterocycles. The molecule has 3 aromatic heterocycles. The Bertz CT molecular complexity index is 792. The van der Waals surface area contributed by atoms with Crippen LogP contribution in [0.5, 0.6) is 0 Å². The maximum absolute atomic E-state index is 12.2. The molecular weight excluding hydrogens is 334 g/mol. The lowest BCUT2D eigenvalue weighted by Crippen LogP contribution is -2.26. The molecule has 0 bridgehead atoms. The summed E-state index contributed by atoms with van der Waals surface area (Å²) in [7, 11) is 0. The van der Waals surface area contributed by atoms with E-state index in [1.165, 1.54) is 0 Å². The van der Waals surface area contributed by atoms with E-state index in [9.17, 15) is 4.79 Å². The van der Waals surface area contributed by atoms with Crippen molar-refractivity contribution in [2.75, 3.05) is 6.54 Å². The zero-order chi connectivity index (χ0) is 14.8. The number of amides is 1. The van der Waals surface area contributed by atoms with Crippen LogP contribution in [-0.2, 0) is 6.42 Å². The first-order chi connectivity index (χ1) is 10.1. The second-order valence-corrected chi connectivity index (χ2v) is 5.39. The van der Waals surface area contributed by atoms with Crippen LogP contribution in [0, 0.1) is 6.92 Å².